The van der Waals surface area contributed by atoms with E-state index in [2.05, 4.69) is 34.5 Å². The summed E-state index contributed by atoms with van der Waals surface area (Å²) in [5.74, 6) is 0.806. The summed E-state index contributed by atoms with van der Waals surface area (Å²) in [5, 5.41) is 2.70. The fourth-order valence-electron chi connectivity index (χ4n) is 3.49. The third kappa shape index (κ3) is 4.99. The van der Waals surface area contributed by atoms with Crippen LogP contribution >= 0.6 is 0 Å². The Morgan fingerprint density at radius 1 is 0.967 bits per heavy atom. The molecule has 1 N–H and O–H groups in total. The van der Waals surface area contributed by atoms with Gasteiger partial charge in [0.25, 0.3) is 5.91 Å². The predicted octanol–water partition coefficient (Wildman–Crippen LogP) is 2.00. The van der Waals surface area contributed by atoms with Gasteiger partial charge in [-0.1, -0.05) is 42.5 Å². The summed E-state index contributed by atoms with van der Waals surface area (Å²) in [6, 6.07) is 15.2. The maximum atomic E-state index is 12.5. The van der Waals surface area contributed by atoms with Gasteiger partial charge in [0.2, 0.25) is 12.7 Å². The van der Waals surface area contributed by atoms with E-state index in [4.69, 9.17) is 9.47 Å². The molecule has 30 heavy (non-hydrogen) atoms. The Balaban J connectivity index is 1.19. The molecule has 0 saturated carbocycles. The molecule has 7 heteroatoms. The van der Waals surface area contributed by atoms with Crippen molar-refractivity contribution >= 4 is 17.9 Å². The highest BCUT2D eigenvalue weighted by Gasteiger charge is 2.21. The minimum absolute atomic E-state index is 0.0127. The van der Waals surface area contributed by atoms with E-state index in [1.165, 1.54) is 5.56 Å². The Bertz CT molecular complexity index is 921. The van der Waals surface area contributed by atoms with Crippen molar-refractivity contribution in [3.05, 3.63) is 65.7 Å². The second-order valence-corrected chi connectivity index (χ2v) is 7.25. The lowest BCUT2D eigenvalue weighted by Gasteiger charge is -2.34. The lowest BCUT2D eigenvalue weighted by atomic mass is 10.2. The van der Waals surface area contributed by atoms with Crippen molar-refractivity contribution in [3.63, 3.8) is 0 Å². The van der Waals surface area contributed by atoms with Crippen molar-refractivity contribution in [2.24, 2.45) is 0 Å². The first-order chi connectivity index (χ1) is 14.7. The van der Waals surface area contributed by atoms with Crippen LogP contribution in [0.25, 0.3) is 6.08 Å². The van der Waals surface area contributed by atoms with Crippen LogP contribution in [0.2, 0.25) is 0 Å². The van der Waals surface area contributed by atoms with E-state index in [1.54, 1.807) is 23.1 Å². The molecule has 1 saturated heterocycles. The van der Waals surface area contributed by atoms with E-state index < -0.39 is 0 Å². The van der Waals surface area contributed by atoms with E-state index >= 15 is 0 Å². The molecule has 2 amide bonds. The van der Waals surface area contributed by atoms with Gasteiger partial charge in [-0.3, -0.25) is 14.5 Å². The van der Waals surface area contributed by atoms with Crippen LogP contribution < -0.4 is 14.8 Å². The number of carbonyl (C=O) groups is 2. The Morgan fingerprint density at radius 3 is 2.53 bits per heavy atom. The van der Waals surface area contributed by atoms with Gasteiger partial charge in [-0.15, -0.1) is 0 Å². The highest BCUT2D eigenvalue weighted by atomic mass is 16.7. The van der Waals surface area contributed by atoms with E-state index in [0.29, 0.717) is 30.2 Å². The second kappa shape index (κ2) is 9.45. The van der Waals surface area contributed by atoms with Crippen molar-refractivity contribution in [2.45, 2.75) is 0 Å². The lowest BCUT2D eigenvalue weighted by Crippen LogP contribution is -2.51. The van der Waals surface area contributed by atoms with Gasteiger partial charge in [-0.25, -0.2) is 0 Å². The van der Waals surface area contributed by atoms with Gasteiger partial charge in [-0.2, -0.15) is 0 Å². The fourth-order valence-corrected chi connectivity index (χ4v) is 3.49. The van der Waals surface area contributed by atoms with Crippen LogP contribution in [0.1, 0.15) is 15.9 Å². The minimum Gasteiger partial charge on any atom is -0.454 e. The molecule has 0 aliphatic carbocycles. The van der Waals surface area contributed by atoms with Gasteiger partial charge in [0, 0.05) is 38.3 Å². The summed E-state index contributed by atoms with van der Waals surface area (Å²) in [6.45, 7) is 3.98. The highest BCUT2D eigenvalue weighted by Crippen LogP contribution is 2.32. The molecule has 2 aliphatic rings. The Labute approximate surface area is 175 Å². The Kier molecular flexibility index (Phi) is 6.29. The standard InChI is InChI=1S/C23H25N3O4/c27-22(16-24-23(28)19-8-9-20-21(15-19)30-17-29-20)26-13-11-25(12-14-26)10-4-7-18-5-2-1-3-6-18/h1-9,15H,10-14,16-17H2,(H,24,28)/b7-4+. The molecular formula is C23H25N3O4. The van der Waals surface area contributed by atoms with Crippen LogP contribution in [0, 0.1) is 0 Å². The highest BCUT2D eigenvalue weighted by molar-refractivity contribution is 5.97. The van der Waals surface area contributed by atoms with Crippen molar-refractivity contribution in [1.82, 2.24) is 15.1 Å². The smallest absolute Gasteiger partial charge is 0.251 e. The number of fused-ring (bicyclic) bond motifs is 1. The number of hydrogen-bond donors (Lipinski definition) is 1. The zero-order chi connectivity index (χ0) is 20.8. The summed E-state index contributed by atoms with van der Waals surface area (Å²) in [6.07, 6.45) is 4.27. The summed E-state index contributed by atoms with van der Waals surface area (Å²) in [7, 11) is 0. The first-order valence-corrected chi connectivity index (χ1v) is 10.1. The van der Waals surface area contributed by atoms with Crippen molar-refractivity contribution in [1.29, 1.82) is 0 Å². The summed E-state index contributed by atoms with van der Waals surface area (Å²) in [5.41, 5.74) is 1.63. The first kappa shape index (κ1) is 20.0. The maximum Gasteiger partial charge on any atom is 0.251 e. The average Bonchev–Trinajstić information content (AvgIpc) is 3.26. The van der Waals surface area contributed by atoms with E-state index in [-0.39, 0.29) is 25.2 Å². The SMILES string of the molecule is O=C(NCC(=O)N1CCN(C/C=C/c2ccccc2)CC1)c1ccc2c(c1)OCO2. The van der Waals surface area contributed by atoms with Gasteiger partial charge in [0.15, 0.2) is 11.5 Å². The number of piperazine rings is 1. The average molecular weight is 407 g/mol. The van der Waals surface area contributed by atoms with Crippen LogP contribution in [0.4, 0.5) is 0 Å². The van der Waals surface area contributed by atoms with Gasteiger partial charge in [-0.05, 0) is 23.8 Å². The first-order valence-electron chi connectivity index (χ1n) is 10.1. The molecular weight excluding hydrogens is 382 g/mol. The summed E-state index contributed by atoms with van der Waals surface area (Å²) >= 11 is 0. The molecule has 2 heterocycles. The predicted molar refractivity (Wildman–Crippen MR) is 113 cm³/mol. The van der Waals surface area contributed by atoms with Gasteiger partial charge < -0.3 is 19.7 Å². The number of benzene rings is 2. The van der Waals surface area contributed by atoms with Crippen molar-refractivity contribution in [3.8, 4) is 11.5 Å². The number of carbonyl (C=O) groups excluding carboxylic acids is 2. The molecule has 0 aromatic heterocycles. The third-order valence-electron chi connectivity index (χ3n) is 5.23. The molecule has 2 aromatic carbocycles. The minimum atomic E-state index is -0.300. The van der Waals surface area contributed by atoms with Crippen LogP contribution in [0.3, 0.4) is 0 Å². The molecule has 0 radical (unpaired) electrons. The molecule has 1 fully saturated rings. The molecule has 0 atom stereocenters. The zero-order valence-electron chi connectivity index (χ0n) is 16.8. The number of amides is 2. The van der Waals surface area contributed by atoms with Crippen LogP contribution in [0.15, 0.2) is 54.6 Å². The molecule has 4 rings (SSSR count). The molecule has 0 bridgehead atoms. The van der Waals surface area contributed by atoms with Gasteiger partial charge in [0.1, 0.15) is 0 Å². The monoisotopic (exact) mass is 407 g/mol. The van der Waals surface area contributed by atoms with E-state index in [1.807, 2.05) is 18.2 Å². The number of nitrogens with one attached hydrogen (secondary N) is 1. The fraction of sp³-hybridized carbons (Fsp3) is 0.304. The van der Waals surface area contributed by atoms with Crippen molar-refractivity contribution in [2.75, 3.05) is 46.1 Å². The Hall–Kier alpha value is -3.32. The Morgan fingerprint density at radius 2 is 1.73 bits per heavy atom. The zero-order valence-corrected chi connectivity index (χ0v) is 16.8. The van der Waals surface area contributed by atoms with Gasteiger partial charge >= 0.3 is 0 Å². The summed E-state index contributed by atoms with van der Waals surface area (Å²) < 4.78 is 10.5. The molecule has 2 aromatic rings. The second-order valence-electron chi connectivity index (χ2n) is 7.25. The largest absolute Gasteiger partial charge is 0.454 e. The van der Waals surface area contributed by atoms with Crippen LogP contribution in [0.5, 0.6) is 11.5 Å². The maximum absolute atomic E-state index is 12.5. The van der Waals surface area contributed by atoms with Crippen LogP contribution in [-0.2, 0) is 4.79 Å². The molecule has 2 aliphatic heterocycles. The van der Waals surface area contributed by atoms with Gasteiger partial charge in [0.05, 0.1) is 6.54 Å². The lowest BCUT2D eigenvalue weighted by molar-refractivity contribution is -0.131. The number of nitrogens with zero attached hydrogens (tertiary/aromatic N) is 2. The molecule has 0 spiro atoms. The van der Waals surface area contributed by atoms with E-state index in [0.717, 1.165) is 19.6 Å². The third-order valence-corrected chi connectivity index (χ3v) is 5.23. The number of hydrogen-bond acceptors (Lipinski definition) is 5. The molecule has 0 unspecified atom stereocenters. The van der Waals surface area contributed by atoms with Crippen molar-refractivity contribution < 1.29 is 19.1 Å². The molecule has 7 nitrogen and oxygen atoms in total. The normalized spacial score (nSPS) is 16.1. The quantitative estimate of drug-likeness (QED) is 0.793. The molecule has 156 valence electrons. The topological polar surface area (TPSA) is 71.1 Å². The van der Waals surface area contributed by atoms with Crippen LogP contribution in [-0.4, -0.2) is 67.7 Å². The summed E-state index contributed by atoms with van der Waals surface area (Å²) in [4.78, 5) is 28.9. The van der Waals surface area contributed by atoms with E-state index in [9.17, 15) is 9.59 Å². The number of ether oxygens (including phenoxy) is 2. The number of rotatable bonds is 6.